The molecule has 2 unspecified atom stereocenters. The molecule has 0 radical (unpaired) electrons. The summed E-state index contributed by atoms with van der Waals surface area (Å²) in [5.41, 5.74) is 1.37. The Labute approximate surface area is 111 Å². The highest BCUT2D eigenvalue weighted by molar-refractivity contribution is 5.46. The van der Waals surface area contributed by atoms with Gasteiger partial charge in [-0.05, 0) is 37.4 Å². The molecule has 1 saturated heterocycles. The maximum Gasteiger partial charge on any atom is 0.0366 e. The minimum absolute atomic E-state index is 0.656. The number of piperidine rings is 1. The summed E-state index contributed by atoms with van der Waals surface area (Å²) in [5, 5.41) is 3.69. The molecule has 1 N–H and O–H groups in total. The third-order valence-electron chi connectivity index (χ3n) is 3.92. The van der Waals surface area contributed by atoms with Crippen molar-refractivity contribution in [2.45, 2.75) is 39.2 Å². The Morgan fingerprint density at radius 1 is 1.17 bits per heavy atom. The van der Waals surface area contributed by atoms with Crippen LogP contribution in [0.4, 0.5) is 5.69 Å². The highest BCUT2D eigenvalue weighted by Gasteiger charge is 2.25. The second kappa shape index (κ2) is 6.79. The minimum Gasteiger partial charge on any atom is -0.370 e. The van der Waals surface area contributed by atoms with Crippen molar-refractivity contribution in [3.63, 3.8) is 0 Å². The summed E-state index contributed by atoms with van der Waals surface area (Å²) < 4.78 is 0. The molecule has 1 aromatic rings. The molecule has 0 aromatic heterocycles. The lowest BCUT2D eigenvalue weighted by molar-refractivity contribution is 0.327. The third kappa shape index (κ3) is 3.49. The molecule has 2 atom stereocenters. The van der Waals surface area contributed by atoms with Gasteiger partial charge in [0.15, 0.2) is 0 Å². The van der Waals surface area contributed by atoms with Crippen LogP contribution >= 0.6 is 0 Å². The van der Waals surface area contributed by atoms with Crippen LogP contribution in [-0.4, -0.2) is 25.7 Å². The van der Waals surface area contributed by atoms with E-state index in [1.165, 1.54) is 31.5 Å². The molecule has 0 bridgehead atoms. The van der Waals surface area contributed by atoms with Crippen LogP contribution in [0.5, 0.6) is 0 Å². The number of anilines is 1. The molecular formula is C16H26N2. The number of hydrogen-bond donors (Lipinski definition) is 1. The molecule has 1 aliphatic rings. The van der Waals surface area contributed by atoms with Gasteiger partial charge >= 0.3 is 0 Å². The van der Waals surface area contributed by atoms with Gasteiger partial charge in [0, 0.05) is 24.8 Å². The van der Waals surface area contributed by atoms with Crippen molar-refractivity contribution in [3.05, 3.63) is 30.3 Å². The monoisotopic (exact) mass is 246 g/mol. The van der Waals surface area contributed by atoms with E-state index in [4.69, 9.17) is 0 Å². The Hall–Kier alpha value is -1.02. The first-order chi connectivity index (χ1) is 8.83. The maximum absolute atomic E-state index is 3.69. The number of hydrogen-bond acceptors (Lipinski definition) is 2. The van der Waals surface area contributed by atoms with Gasteiger partial charge in [-0.1, -0.05) is 38.5 Å². The molecule has 2 rings (SSSR count). The fraction of sp³-hybridized carbons (Fsp3) is 0.625. The van der Waals surface area contributed by atoms with Gasteiger partial charge in [-0.3, -0.25) is 0 Å². The van der Waals surface area contributed by atoms with Crippen LogP contribution < -0.4 is 10.2 Å². The second-order valence-corrected chi connectivity index (χ2v) is 5.40. The summed E-state index contributed by atoms with van der Waals surface area (Å²) in [4.78, 5) is 2.55. The molecule has 2 nitrogen and oxygen atoms in total. The van der Waals surface area contributed by atoms with E-state index in [0.29, 0.717) is 6.04 Å². The average Bonchev–Trinajstić information content (AvgIpc) is 2.45. The largest absolute Gasteiger partial charge is 0.370 e. The molecule has 1 aromatic carbocycles. The van der Waals surface area contributed by atoms with E-state index in [2.05, 4.69) is 54.4 Å². The Balaban J connectivity index is 2.01. The lowest BCUT2D eigenvalue weighted by Crippen LogP contribution is -2.49. The van der Waals surface area contributed by atoms with Gasteiger partial charge < -0.3 is 10.2 Å². The zero-order valence-corrected chi connectivity index (χ0v) is 11.7. The molecule has 1 heterocycles. The van der Waals surface area contributed by atoms with Gasteiger partial charge in [-0.15, -0.1) is 0 Å². The zero-order chi connectivity index (χ0) is 12.8. The quantitative estimate of drug-likeness (QED) is 0.857. The van der Waals surface area contributed by atoms with E-state index in [1.54, 1.807) is 0 Å². The molecular weight excluding hydrogens is 220 g/mol. The van der Waals surface area contributed by atoms with Crippen LogP contribution in [0, 0.1) is 5.92 Å². The Morgan fingerprint density at radius 3 is 2.61 bits per heavy atom. The number of rotatable bonds is 5. The zero-order valence-electron chi connectivity index (χ0n) is 11.7. The first-order valence-corrected chi connectivity index (χ1v) is 7.36. The van der Waals surface area contributed by atoms with E-state index in [0.717, 1.165) is 19.0 Å². The number of benzene rings is 1. The van der Waals surface area contributed by atoms with Crippen LogP contribution in [0.2, 0.25) is 0 Å². The SMILES string of the molecule is CCCNC1CC(CC)CN(c2ccccc2)C1. The molecule has 100 valence electrons. The first-order valence-electron chi connectivity index (χ1n) is 7.36. The summed E-state index contributed by atoms with van der Waals surface area (Å²) in [6.07, 6.45) is 3.84. The molecule has 0 spiro atoms. The lowest BCUT2D eigenvalue weighted by atomic mass is 9.91. The van der Waals surface area contributed by atoms with Gasteiger partial charge in [0.2, 0.25) is 0 Å². The van der Waals surface area contributed by atoms with Gasteiger partial charge in [-0.2, -0.15) is 0 Å². The standard InChI is InChI=1S/C16H26N2/c1-3-10-17-15-11-14(4-2)12-18(13-15)16-8-6-5-7-9-16/h5-9,14-15,17H,3-4,10-13H2,1-2H3. The smallest absolute Gasteiger partial charge is 0.0366 e. The predicted molar refractivity (Wildman–Crippen MR) is 79.1 cm³/mol. The lowest BCUT2D eigenvalue weighted by Gasteiger charge is -2.39. The summed E-state index contributed by atoms with van der Waals surface area (Å²) in [6.45, 7) is 8.06. The summed E-state index contributed by atoms with van der Waals surface area (Å²) in [7, 11) is 0. The van der Waals surface area contributed by atoms with Gasteiger partial charge in [-0.25, -0.2) is 0 Å². The molecule has 18 heavy (non-hydrogen) atoms. The van der Waals surface area contributed by atoms with E-state index in [-0.39, 0.29) is 0 Å². The van der Waals surface area contributed by atoms with Crippen LogP contribution in [0.1, 0.15) is 33.1 Å². The average molecular weight is 246 g/mol. The van der Waals surface area contributed by atoms with E-state index >= 15 is 0 Å². The Bertz CT molecular complexity index is 336. The molecule has 0 amide bonds. The highest BCUT2D eigenvalue weighted by atomic mass is 15.2. The van der Waals surface area contributed by atoms with Crippen molar-refractivity contribution < 1.29 is 0 Å². The summed E-state index contributed by atoms with van der Waals surface area (Å²) >= 11 is 0. The van der Waals surface area contributed by atoms with Gasteiger partial charge in [0.1, 0.15) is 0 Å². The number of para-hydroxylation sites is 1. The third-order valence-corrected chi connectivity index (χ3v) is 3.92. The second-order valence-electron chi connectivity index (χ2n) is 5.40. The van der Waals surface area contributed by atoms with Crippen molar-refractivity contribution in [1.29, 1.82) is 0 Å². The van der Waals surface area contributed by atoms with Crippen molar-refractivity contribution in [1.82, 2.24) is 5.32 Å². The van der Waals surface area contributed by atoms with Crippen LogP contribution in [-0.2, 0) is 0 Å². The van der Waals surface area contributed by atoms with Crippen LogP contribution in [0.3, 0.4) is 0 Å². The molecule has 0 aliphatic carbocycles. The summed E-state index contributed by atoms with van der Waals surface area (Å²) in [6, 6.07) is 11.5. The molecule has 2 heteroatoms. The van der Waals surface area contributed by atoms with E-state index < -0.39 is 0 Å². The van der Waals surface area contributed by atoms with Crippen molar-refractivity contribution in [2.75, 3.05) is 24.5 Å². The number of nitrogens with one attached hydrogen (secondary N) is 1. The van der Waals surface area contributed by atoms with E-state index in [9.17, 15) is 0 Å². The maximum atomic E-state index is 3.69. The normalized spacial score (nSPS) is 24.2. The fourth-order valence-electron chi connectivity index (χ4n) is 2.85. The van der Waals surface area contributed by atoms with Crippen molar-refractivity contribution in [2.24, 2.45) is 5.92 Å². The summed E-state index contributed by atoms with van der Waals surface area (Å²) in [5.74, 6) is 0.827. The Kier molecular flexibility index (Phi) is 5.06. The van der Waals surface area contributed by atoms with Gasteiger partial charge in [0.05, 0.1) is 0 Å². The Morgan fingerprint density at radius 2 is 1.94 bits per heavy atom. The molecule has 1 aliphatic heterocycles. The van der Waals surface area contributed by atoms with E-state index in [1.807, 2.05) is 0 Å². The predicted octanol–water partition coefficient (Wildman–Crippen LogP) is 3.29. The van der Waals surface area contributed by atoms with Crippen LogP contribution in [0.25, 0.3) is 0 Å². The topological polar surface area (TPSA) is 15.3 Å². The van der Waals surface area contributed by atoms with Gasteiger partial charge in [0.25, 0.3) is 0 Å². The minimum atomic E-state index is 0.656. The number of nitrogens with zero attached hydrogens (tertiary/aromatic N) is 1. The first kappa shape index (κ1) is 13.4. The highest BCUT2D eigenvalue weighted by Crippen LogP contribution is 2.24. The molecule has 1 fully saturated rings. The van der Waals surface area contributed by atoms with Crippen molar-refractivity contribution >= 4 is 5.69 Å². The fourth-order valence-corrected chi connectivity index (χ4v) is 2.85. The molecule has 0 saturated carbocycles. The van der Waals surface area contributed by atoms with Crippen molar-refractivity contribution in [3.8, 4) is 0 Å². The van der Waals surface area contributed by atoms with Crippen LogP contribution in [0.15, 0.2) is 30.3 Å².